The van der Waals surface area contributed by atoms with E-state index in [1.165, 1.54) is 12.8 Å². The van der Waals surface area contributed by atoms with Crippen LogP contribution in [0.25, 0.3) is 0 Å². The van der Waals surface area contributed by atoms with Crippen LogP contribution in [-0.4, -0.2) is 31.0 Å². The molecule has 3 nitrogen and oxygen atoms in total. The average Bonchev–Trinajstić information content (AvgIpc) is 2.91. The van der Waals surface area contributed by atoms with E-state index in [1.54, 1.807) is 0 Å². The van der Waals surface area contributed by atoms with Crippen LogP contribution in [0, 0.1) is 23.2 Å². The Bertz CT molecular complexity index is 253. The summed E-state index contributed by atoms with van der Waals surface area (Å²) in [7, 11) is 0. The van der Waals surface area contributed by atoms with E-state index in [0.717, 1.165) is 44.3 Å². The molecule has 2 atom stereocenters. The zero-order valence-electron chi connectivity index (χ0n) is 11.9. The molecule has 1 heterocycles. The van der Waals surface area contributed by atoms with Crippen molar-refractivity contribution < 1.29 is 9.84 Å². The molecule has 2 rings (SSSR count). The Balaban J connectivity index is 1.98. The predicted octanol–water partition coefficient (Wildman–Crippen LogP) is 2.18. The van der Waals surface area contributed by atoms with E-state index in [-0.39, 0.29) is 11.5 Å². The van der Waals surface area contributed by atoms with E-state index >= 15 is 0 Å². The van der Waals surface area contributed by atoms with Crippen LogP contribution in [-0.2, 0) is 4.74 Å². The van der Waals surface area contributed by atoms with Gasteiger partial charge < -0.3 is 15.6 Å². The molecule has 18 heavy (non-hydrogen) atoms. The van der Waals surface area contributed by atoms with Crippen molar-refractivity contribution in [3.63, 3.8) is 0 Å². The highest BCUT2D eigenvalue weighted by molar-refractivity contribution is 4.95. The van der Waals surface area contributed by atoms with E-state index in [1.807, 2.05) is 0 Å². The fourth-order valence-corrected chi connectivity index (χ4v) is 3.80. The Labute approximate surface area is 111 Å². The number of rotatable bonds is 4. The molecule has 2 unspecified atom stereocenters. The van der Waals surface area contributed by atoms with Crippen LogP contribution in [0.4, 0.5) is 0 Å². The van der Waals surface area contributed by atoms with Crippen LogP contribution in [0.3, 0.4) is 0 Å². The summed E-state index contributed by atoms with van der Waals surface area (Å²) in [6, 6.07) is 0. The van der Waals surface area contributed by atoms with Gasteiger partial charge in [0, 0.05) is 24.5 Å². The largest absolute Gasteiger partial charge is 0.392 e. The third-order valence-electron chi connectivity index (χ3n) is 5.41. The van der Waals surface area contributed by atoms with Crippen molar-refractivity contribution in [1.29, 1.82) is 0 Å². The molecule has 3 N–H and O–H groups in total. The van der Waals surface area contributed by atoms with Gasteiger partial charge in [0.25, 0.3) is 0 Å². The second-order valence-corrected chi connectivity index (χ2v) is 6.72. The third kappa shape index (κ3) is 2.73. The van der Waals surface area contributed by atoms with Crippen LogP contribution in [0.5, 0.6) is 0 Å². The molecule has 2 fully saturated rings. The topological polar surface area (TPSA) is 55.5 Å². The quantitative estimate of drug-likeness (QED) is 0.809. The number of hydrogen-bond acceptors (Lipinski definition) is 3. The van der Waals surface area contributed by atoms with Crippen molar-refractivity contribution in [2.45, 2.75) is 52.1 Å². The standard InChI is InChI=1S/C15H29NO2/c1-11(2)12-3-6-15(10-16,7-4-12)14(17)13-5-8-18-9-13/h11-14,17H,3-10,16H2,1-2H3. The van der Waals surface area contributed by atoms with Gasteiger partial charge >= 0.3 is 0 Å². The van der Waals surface area contributed by atoms with Gasteiger partial charge in [0.15, 0.2) is 0 Å². The minimum absolute atomic E-state index is 0.0379. The van der Waals surface area contributed by atoms with E-state index in [0.29, 0.717) is 12.5 Å². The third-order valence-corrected chi connectivity index (χ3v) is 5.41. The lowest BCUT2D eigenvalue weighted by atomic mass is 9.63. The summed E-state index contributed by atoms with van der Waals surface area (Å²) in [5, 5.41) is 10.7. The predicted molar refractivity (Wildman–Crippen MR) is 73.2 cm³/mol. The lowest BCUT2D eigenvalue weighted by Gasteiger charge is -2.45. The molecule has 1 aliphatic carbocycles. The molecule has 0 bridgehead atoms. The Morgan fingerprint density at radius 1 is 1.22 bits per heavy atom. The summed E-state index contributed by atoms with van der Waals surface area (Å²) < 4.78 is 5.42. The SMILES string of the molecule is CC(C)C1CCC(CN)(C(O)C2CCOC2)CC1. The number of nitrogens with two attached hydrogens (primary N) is 1. The normalized spacial score (nSPS) is 39.2. The fourth-order valence-electron chi connectivity index (χ4n) is 3.80. The summed E-state index contributed by atoms with van der Waals surface area (Å²) >= 11 is 0. The fraction of sp³-hybridized carbons (Fsp3) is 1.00. The first kappa shape index (κ1) is 14.3. The highest BCUT2D eigenvalue weighted by Gasteiger charge is 2.44. The van der Waals surface area contributed by atoms with E-state index < -0.39 is 0 Å². The Kier molecular flexibility index (Phi) is 4.68. The number of ether oxygens (including phenoxy) is 1. The molecule has 0 spiro atoms. The molecule has 0 aromatic rings. The van der Waals surface area contributed by atoms with Gasteiger partial charge in [-0.15, -0.1) is 0 Å². The molecule has 0 aromatic carbocycles. The summed E-state index contributed by atoms with van der Waals surface area (Å²) in [6.07, 6.45) is 5.35. The number of aliphatic hydroxyl groups is 1. The molecule has 1 saturated carbocycles. The van der Waals surface area contributed by atoms with Gasteiger partial charge in [0.05, 0.1) is 12.7 Å². The van der Waals surface area contributed by atoms with Crippen molar-refractivity contribution in [3.05, 3.63) is 0 Å². The van der Waals surface area contributed by atoms with Gasteiger partial charge in [-0.2, -0.15) is 0 Å². The number of aliphatic hydroxyl groups excluding tert-OH is 1. The van der Waals surface area contributed by atoms with Crippen LogP contribution >= 0.6 is 0 Å². The minimum atomic E-state index is -0.266. The van der Waals surface area contributed by atoms with Gasteiger partial charge in [0.1, 0.15) is 0 Å². The minimum Gasteiger partial charge on any atom is -0.392 e. The Hall–Kier alpha value is -0.120. The molecular formula is C15H29NO2. The highest BCUT2D eigenvalue weighted by atomic mass is 16.5. The summed E-state index contributed by atoms with van der Waals surface area (Å²) in [5.74, 6) is 1.88. The van der Waals surface area contributed by atoms with Crippen molar-refractivity contribution in [1.82, 2.24) is 0 Å². The maximum atomic E-state index is 10.7. The van der Waals surface area contributed by atoms with E-state index in [4.69, 9.17) is 10.5 Å². The Morgan fingerprint density at radius 2 is 1.89 bits per heavy atom. The maximum Gasteiger partial charge on any atom is 0.0659 e. The van der Waals surface area contributed by atoms with Crippen LogP contribution in [0.1, 0.15) is 46.0 Å². The molecule has 1 aliphatic heterocycles. The van der Waals surface area contributed by atoms with Crippen molar-refractivity contribution in [2.75, 3.05) is 19.8 Å². The lowest BCUT2D eigenvalue weighted by molar-refractivity contribution is -0.0491. The van der Waals surface area contributed by atoms with Gasteiger partial charge in [-0.25, -0.2) is 0 Å². The summed E-state index contributed by atoms with van der Waals surface area (Å²) in [6.45, 7) is 6.76. The van der Waals surface area contributed by atoms with Gasteiger partial charge in [0.2, 0.25) is 0 Å². The van der Waals surface area contributed by atoms with Gasteiger partial charge in [-0.1, -0.05) is 13.8 Å². The summed E-state index contributed by atoms with van der Waals surface area (Å²) in [4.78, 5) is 0. The first-order valence-corrected chi connectivity index (χ1v) is 7.55. The van der Waals surface area contributed by atoms with Gasteiger partial charge in [-0.3, -0.25) is 0 Å². The van der Waals surface area contributed by atoms with Gasteiger partial charge in [-0.05, 0) is 43.9 Å². The second-order valence-electron chi connectivity index (χ2n) is 6.72. The highest BCUT2D eigenvalue weighted by Crippen LogP contribution is 2.45. The Morgan fingerprint density at radius 3 is 2.33 bits per heavy atom. The first-order chi connectivity index (χ1) is 8.59. The van der Waals surface area contributed by atoms with Crippen LogP contribution in [0.2, 0.25) is 0 Å². The molecule has 3 heteroatoms. The van der Waals surface area contributed by atoms with E-state index in [9.17, 15) is 5.11 Å². The first-order valence-electron chi connectivity index (χ1n) is 7.55. The zero-order chi connectivity index (χ0) is 13.2. The molecule has 106 valence electrons. The maximum absolute atomic E-state index is 10.7. The van der Waals surface area contributed by atoms with E-state index in [2.05, 4.69) is 13.8 Å². The zero-order valence-corrected chi connectivity index (χ0v) is 11.9. The molecule has 0 radical (unpaired) electrons. The average molecular weight is 255 g/mol. The molecular weight excluding hydrogens is 226 g/mol. The summed E-state index contributed by atoms with van der Waals surface area (Å²) in [5.41, 5.74) is 5.99. The molecule has 2 aliphatic rings. The number of hydrogen-bond donors (Lipinski definition) is 2. The van der Waals surface area contributed by atoms with Crippen molar-refractivity contribution >= 4 is 0 Å². The molecule has 1 saturated heterocycles. The molecule has 0 aromatic heterocycles. The molecule has 0 amide bonds. The smallest absolute Gasteiger partial charge is 0.0659 e. The van der Waals surface area contributed by atoms with Crippen LogP contribution in [0.15, 0.2) is 0 Å². The second kappa shape index (κ2) is 5.89. The van der Waals surface area contributed by atoms with Crippen molar-refractivity contribution in [2.24, 2.45) is 28.9 Å². The van der Waals surface area contributed by atoms with Crippen LogP contribution < -0.4 is 5.73 Å². The monoisotopic (exact) mass is 255 g/mol. The lowest BCUT2D eigenvalue weighted by Crippen LogP contribution is -2.48. The van der Waals surface area contributed by atoms with Crippen molar-refractivity contribution in [3.8, 4) is 0 Å².